The molecular weight excluding hydrogens is 244 g/mol. The second-order valence-corrected chi connectivity index (χ2v) is 3.63. The van der Waals surface area contributed by atoms with E-state index < -0.39 is 6.55 Å². The minimum absolute atomic E-state index is 0.0433. The van der Waals surface area contributed by atoms with Crippen LogP contribution in [-0.2, 0) is 6.54 Å². The maximum Gasteiger partial charge on any atom is 0.333 e. The molecule has 7 heteroatoms. The van der Waals surface area contributed by atoms with E-state index in [2.05, 4.69) is 10.4 Å². The first kappa shape index (κ1) is 12.2. The van der Waals surface area contributed by atoms with Crippen LogP contribution in [0, 0.1) is 0 Å². The maximum atomic E-state index is 12.3. The molecule has 0 bridgehead atoms. The average molecular weight is 255 g/mol. The van der Waals surface area contributed by atoms with Gasteiger partial charge in [-0.2, -0.15) is 13.9 Å². The zero-order valence-electron chi connectivity index (χ0n) is 9.22. The monoisotopic (exact) mass is 255 g/mol. The van der Waals surface area contributed by atoms with E-state index in [-0.39, 0.29) is 23.9 Å². The van der Waals surface area contributed by atoms with Gasteiger partial charge in [-0.3, -0.25) is 0 Å². The molecule has 0 unspecified atom stereocenters. The highest BCUT2D eigenvalue weighted by Gasteiger charge is 2.08. The van der Waals surface area contributed by atoms with Crippen LogP contribution in [0.15, 0.2) is 30.5 Å². The van der Waals surface area contributed by atoms with Crippen LogP contribution in [0.5, 0.6) is 11.5 Å². The van der Waals surface area contributed by atoms with Crippen LogP contribution in [-0.4, -0.2) is 20.0 Å². The van der Waals surface area contributed by atoms with Crippen molar-refractivity contribution in [3.05, 3.63) is 36.0 Å². The van der Waals surface area contributed by atoms with Crippen LogP contribution in [0.25, 0.3) is 0 Å². The molecule has 0 saturated heterocycles. The first-order chi connectivity index (χ1) is 8.56. The Kier molecular flexibility index (Phi) is 3.31. The van der Waals surface area contributed by atoms with Crippen molar-refractivity contribution in [3.8, 4) is 11.5 Å². The van der Waals surface area contributed by atoms with Crippen molar-refractivity contribution >= 4 is 5.82 Å². The van der Waals surface area contributed by atoms with E-state index in [1.54, 1.807) is 0 Å². The number of hydrogen-bond acceptors (Lipinski definition) is 4. The molecule has 18 heavy (non-hydrogen) atoms. The van der Waals surface area contributed by atoms with Gasteiger partial charge in [0.15, 0.2) is 0 Å². The molecule has 2 aromatic rings. The molecule has 0 amide bonds. The summed E-state index contributed by atoms with van der Waals surface area (Å²) >= 11 is 0. The Balaban J connectivity index is 2.02. The highest BCUT2D eigenvalue weighted by Crippen LogP contribution is 2.23. The Hall–Kier alpha value is -2.31. The predicted molar refractivity (Wildman–Crippen MR) is 60.6 cm³/mol. The van der Waals surface area contributed by atoms with Crippen LogP contribution >= 0.6 is 0 Å². The van der Waals surface area contributed by atoms with Crippen LogP contribution in [0.2, 0.25) is 0 Å². The smallest absolute Gasteiger partial charge is 0.333 e. The molecule has 3 N–H and O–H groups in total. The lowest BCUT2D eigenvalue weighted by atomic mass is 10.2. The van der Waals surface area contributed by atoms with Crippen molar-refractivity contribution < 1.29 is 19.0 Å². The number of rotatable bonds is 4. The second kappa shape index (κ2) is 4.91. The molecule has 0 aliphatic rings. The lowest BCUT2D eigenvalue weighted by Crippen LogP contribution is -2.03. The molecule has 5 nitrogen and oxygen atoms in total. The second-order valence-electron chi connectivity index (χ2n) is 3.63. The van der Waals surface area contributed by atoms with Crippen molar-refractivity contribution in [2.24, 2.45) is 0 Å². The number of nitrogens with zero attached hydrogens (tertiary/aromatic N) is 2. The van der Waals surface area contributed by atoms with E-state index in [1.807, 2.05) is 0 Å². The third-order valence-electron chi connectivity index (χ3n) is 2.34. The largest absolute Gasteiger partial charge is 0.508 e. The topological polar surface area (TPSA) is 70.3 Å². The van der Waals surface area contributed by atoms with Gasteiger partial charge in [-0.25, -0.2) is 4.68 Å². The van der Waals surface area contributed by atoms with E-state index in [9.17, 15) is 13.9 Å². The molecule has 1 heterocycles. The summed E-state index contributed by atoms with van der Waals surface area (Å²) in [6.07, 6.45) is 1.16. The van der Waals surface area contributed by atoms with Gasteiger partial charge in [-0.15, -0.1) is 0 Å². The summed E-state index contributed by atoms with van der Waals surface area (Å²) in [5.41, 5.74) is 0.527. The fourth-order valence-corrected chi connectivity index (χ4v) is 1.43. The van der Waals surface area contributed by atoms with Crippen molar-refractivity contribution in [3.63, 3.8) is 0 Å². The Morgan fingerprint density at radius 2 is 2.06 bits per heavy atom. The van der Waals surface area contributed by atoms with Crippen molar-refractivity contribution in [1.82, 2.24) is 9.78 Å². The molecule has 0 aliphatic carbocycles. The first-order valence-electron chi connectivity index (χ1n) is 5.14. The molecule has 0 saturated carbocycles. The Morgan fingerprint density at radius 3 is 2.67 bits per heavy atom. The summed E-state index contributed by atoms with van der Waals surface area (Å²) in [6.45, 7) is -2.46. The summed E-state index contributed by atoms with van der Waals surface area (Å²) < 4.78 is 25.0. The maximum absolute atomic E-state index is 12.3. The third kappa shape index (κ3) is 2.68. The van der Waals surface area contributed by atoms with E-state index >= 15 is 0 Å². The normalized spacial score (nSPS) is 10.8. The summed E-state index contributed by atoms with van der Waals surface area (Å²) in [7, 11) is 0. The van der Waals surface area contributed by atoms with E-state index in [0.717, 1.165) is 6.20 Å². The molecule has 0 aliphatic heterocycles. The van der Waals surface area contributed by atoms with Gasteiger partial charge in [0, 0.05) is 30.4 Å². The quantitative estimate of drug-likeness (QED) is 0.784. The number of halogens is 2. The number of alkyl halides is 2. The lowest BCUT2D eigenvalue weighted by Gasteiger charge is -2.06. The van der Waals surface area contributed by atoms with Gasteiger partial charge >= 0.3 is 6.55 Å². The third-order valence-corrected chi connectivity index (χ3v) is 2.34. The van der Waals surface area contributed by atoms with Crippen molar-refractivity contribution in [2.45, 2.75) is 13.1 Å². The van der Waals surface area contributed by atoms with E-state index in [1.165, 1.54) is 24.3 Å². The molecule has 96 valence electrons. The van der Waals surface area contributed by atoms with Gasteiger partial charge in [0.05, 0.1) is 0 Å². The van der Waals surface area contributed by atoms with Crippen molar-refractivity contribution in [2.75, 3.05) is 5.32 Å². The highest BCUT2D eigenvalue weighted by atomic mass is 19.3. The Labute approximate surface area is 101 Å². The van der Waals surface area contributed by atoms with Gasteiger partial charge in [0.2, 0.25) is 0 Å². The molecule has 1 aromatic carbocycles. The van der Waals surface area contributed by atoms with Crippen LogP contribution < -0.4 is 5.32 Å². The number of anilines is 1. The van der Waals surface area contributed by atoms with Crippen LogP contribution in [0.3, 0.4) is 0 Å². The Morgan fingerprint density at radius 1 is 1.28 bits per heavy atom. The van der Waals surface area contributed by atoms with Gasteiger partial charge < -0.3 is 15.5 Å². The minimum atomic E-state index is -2.68. The van der Waals surface area contributed by atoms with Gasteiger partial charge in [0.25, 0.3) is 0 Å². The Bertz CT molecular complexity index is 543. The molecular formula is C11H11F2N3O2. The number of aromatic hydroxyl groups is 2. The number of aromatic nitrogens is 2. The summed E-state index contributed by atoms with van der Waals surface area (Å²) in [5.74, 6) is 0.164. The SMILES string of the molecule is Oc1ccc(CNc2ccn(C(F)F)n2)c(O)c1. The van der Waals surface area contributed by atoms with E-state index in [0.29, 0.717) is 10.2 Å². The van der Waals surface area contributed by atoms with Gasteiger partial charge in [-0.05, 0) is 12.1 Å². The minimum Gasteiger partial charge on any atom is -0.508 e. The van der Waals surface area contributed by atoms with Crippen molar-refractivity contribution in [1.29, 1.82) is 0 Å². The first-order valence-corrected chi connectivity index (χ1v) is 5.14. The number of phenolic OH excluding ortho intramolecular Hbond substituents is 2. The number of nitrogens with one attached hydrogen (secondary N) is 1. The average Bonchev–Trinajstić information content (AvgIpc) is 2.76. The van der Waals surface area contributed by atoms with E-state index in [4.69, 9.17) is 5.11 Å². The van der Waals surface area contributed by atoms with Crippen LogP contribution in [0.1, 0.15) is 12.1 Å². The standard InChI is InChI=1S/C11H11F2N3O2/c12-11(13)16-4-3-10(15-16)14-6-7-1-2-8(17)5-9(7)18/h1-5,11,17-18H,6H2,(H,14,15). The summed E-state index contributed by atoms with van der Waals surface area (Å²) in [6, 6.07) is 5.56. The predicted octanol–water partition coefficient (Wildman–Crippen LogP) is 2.30. The fourth-order valence-electron chi connectivity index (χ4n) is 1.43. The van der Waals surface area contributed by atoms with Gasteiger partial charge in [-0.1, -0.05) is 0 Å². The lowest BCUT2D eigenvalue weighted by molar-refractivity contribution is 0.0569. The zero-order chi connectivity index (χ0) is 13.1. The summed E-state index contributed by atoms with van der Waals surface area (Å²) in [4.78, 5) is 0. The fraction of sp³-hybridized carbons (Fsp3) is 0.182. The summed E-state index contributed by atoms with van der Waals surface area (Å²) in [5, 5.41) is 25.0. The van der Waals surface area contributed by atoms with Gasteiger partial charge in [0.1, 0.15) is 17.3 Å². The highest BCUT2D eigenvalue weighted by molar-refractivity contribution is 5.42. The molecule has 1 aromatic heterocycles. The molecule has 0 atom stereocenters. The number of hydrogen-bond donors (Lipinski definition) is 3. The zero-order valence-corrected chi connectivity index (χ0v) is 9.22. The molecule has 0 radical (unpaired) electrons. The number of benzene rings is 1. The molecule has 2 rings (SSSR count). The molecule has 0 fully saturated rings. The van der Waals surface area contributed by atoms with Crippen LogP contribution in [0.4, 0.5) is 14.6 Å². The number of phenols is 2. The molecule has 0 spiro atoms.